The fourth-order valence-corrected chi connectivity index (χ4v) is 4.09. The van der Waals surface area contributed by atoms with Crippen LogP contribution in [0.2, 0.25) is 5.02 Å². The molecule has 1 saturated heterocycles. The molecule has 27 heavy (non-hydrogen) atoms. The van der Waals surface area contributed by atoms with E-state index in [0.29, 0.717) is 13.2 Å². The molecule has 0 spiro atoms. The molecule has 2 N–H and O–H groups in total. The summed E-state index contributed by atoms with van der Waals surface area (Å²) in [6.45, 7) is 1.10. The standard InChI is InChI=1S/C17H18ClN3O5S/c18-14-5-1-2-6-15(14)20-27(24,25)13-7-8-16(17(10-13)21(22)23)19-11-12-4-3-9-26-12/h1-2,5-8,10,12,19-20H,3-4,9,11H2/t12-/m1/s1. The van der Waals surface area contributed by atoms with Crippen molar-refractivity contribution in [2.24, 2.45) is 0 Å². The molecule has 1 fully saturated rings. The minimum Gasteiger partial charge on any atom is -0.377 e. The van der Waals surface area contributed by atoms with Crippen LogP contribution in [-0.2, 0) is 14.8 Å². The Morgan fingerprint density at radius 2 is 2.00 bits per heavy atom. The van der Waals surface area contributed by atoms with Crippen LogP contribution >= 0.6 is 11.6 Å². The number of para-hydroxylation sites is 1. The molecule has 0 saturated carbocycles. The first-order chi connectivity index (χ1) is 12.9. The highest BCUT2D eigenvalue weighted by Gasteiger charge is 2.23. The fraction of sp³-hybridized carbons (Fsp3) is 0.294. The molecule has 10 heteroatoms. The molecule has 1 aliphatic heterocycles. The third-order valence-electron chi connectivity index (χ3n) is 4.14. The van der Waals surface area contributed by atoms with E-state index >= 15 is 0 Å². The van der Waals surface area contributed by atoms with E-state index < -0.39 is 14.9 Å². The average Bonchev–Trinajstić information content (AvgIpc) is 3.15. The van der Waals surface area contributed by atoms with Crippen LogP contribution in [0.15, 0.2) is 47.4 Å². The van der Waals surface area contributed by atoms with Gasteiger partial charge in [-0.15, -0.1) is 0 Å². The molecule has 3 rings (SSSR count). The highest BCUT2D eigenvalue weighted by atomic mass is 35.5. The monoisotopic (exact) mass is 411 g/mol. The maximum atomic E-state index is 12.6. The van der Waals surface area contributed by atoms with Gasteiger partial charge < -0.3 is 10.1 Å². The number of halogens is 1. The van der Waals surface area contributed by atoms with E-state index in [1.54, 1.807) is 18.2 Å². The molecular weight excluding hydrogens is 394 g/mol. The lowest BCUT2D eigenvalue weighted by Gasteiger charge is -2.13. The van der Waals surface area contributed by atoms with Gasteiger partial charge in [0.2, 0.25) is 0 Å². The van der Waals surface area contributed by atoms with Gasteiger partial charge in [0.05, 0.1) is 26.6 Å². The van der Waals surface area contributed by atoms with E-state index in [4.69, 9.17) is 16.3 Å². The molecule has 0 aromatic heterocycles. The summed E-state index contributed by atoms with van der Waals surface area (Å²) in [7, 11) is -4.03. The quantitative estimate of drug-likeness (QED) is 0.531. The second-order valence-electron chi connectivity index (χ2n) is 6.04. The lowest BCUT2D eigenvalue weighted by Crippen LogP contribution is -2.19. The van der Waals surface area contributed by atoms with Gasteiger partial charge in [0.15, 0.2) is 0 Å². The third-order valence-corrected chi connectivity index (χ3v) is 5.83. The Morgan fingerprint density at radius 1 is 1.22 bits per heavy atom. The molecule has 0 bridgehead atoms. The lowest BCUT2D eigenvalue weighted by molar-refractivity contribution is -0.384. The molecule has 1 aliphatic rings. The molecule has 0 aliphatic carbocycles. The van der Waals surface area contributed by atoms with Gasteiger partial charge in [-0.3, -0.25) is 14.8 Å². The number of benzene rings is 2. The smallest absolute Gasteiger partial charge is 0.293 e. The van der Waals surface area contributed by atoms with E-state index in [1.165, 1.54) is 18.2 Å². The average molecular weight is 412 g/mol. The summed E-state index contributed by atoms with van der Waals surface area (Å²) in [4.78, 5) is 10.6. The number of nitro groups is 1. The summed E-state index contributed by atoms with van der Waals surface area (Å²) < 4.78 is 33.0. The minimum absolute atomic E-state index is 0.00472. The van der Waals surface area contributed by atoms with Crippen LogP contribution in [0.25, 0.3) is 0 Å². The van der Waals surface area contributed by atoms with Gasteiger partial charge in [-0.25, -0.2) is 8.42 Å². The van der Waals surface area contributed by atoms with Gasteiger partial charge in [0.1, 0.15) is 5.69 Å². The van der Waals surface area contributed by atoms with Gasteiger partial charge in [0, 0.05) is 19.2 Å². The molecule has 0 radical (unpaired) electrons. The number of ether oxygens (including phenoxy) is 1. The van der Waals surface area contributed by atoms with E-state index in [1.807, 2.05) is 0 Å². The van der Waals surface area contributed by atoms with Crippen molar-refractivity contribution < 1.29 is 18.1 Å². The van der Waals surface area contributed by atoms with Crippen molar-refractivity contribution in [3.63, 3.8) is 0 Å². The highest BCUT2D eigenvalue weighted by molar-refractivity contribution is 7.92. The number of sulfonamides is 1. The Labute approximate surface area is 161 Å². The van der Waals surface area contributed by atoms with E-state index in [9.17, 15) is 18.5 Å². The number of rotatable bonds is 7. The minimum atomic E-state index is -4.03. The van der Waals surface area contributed by atoms with Gasteiger partial charge >= 0.3 is 0 Å². The number of nitrogens with one attached hydrogen (secondary N) is 2. The van der Waals surface area contributed by atoms with Crippen molar-refractivity contribution in [1.82, 2.24) is 0 Å². The Bertz CT molecular complexity index is 945. The van der Waals surface area contributed by atoms with E-state index in [0.717, 1.165) is 18.9 Å². The molecular formula is C17H18ClN3O5S. The first kappa shape index (κ1) is 19.4. The maximum absolute atomic E-state index is 12.6. The molecule has 8 nitrogen and oxygen atoms in total. The molecule has 2 aromatic rings. The van der Waals surface area contributed by atoms with Crippen LogP contribution in [-0.4, -0.2) is 32.6 Å². The summed E-state index contributed by atoms with van der Waals surface area (Å²) in [6, 6.07) is 10.1. The normalized spacial score (nSPS) is 16.9. The van der Waals surface area contributed by atoms with Crippen molar-refractivity contribution in [3.8, 4) is 0 Å². The van der Waals surface area contributed by atoms with Crippen molar-refractivity contribution in [2.45, 2.75) is 23.8 Å². The van der Waals surface area contributed by atoms with Crippen LogP contribution in [0.5, 0.6) is 0 Å². The molecule has 1 atom stereocenters. The predicted molar refractivity (Wildman–Crippen MR) is 103 cm³/mol. The van der Waals surface area contributed by atoms with E-state index in [2.05, 4.69) is 10.0 Å². The predicted octanol–water partition coefficient (Wildman–Crippen LogP) is 3.64. The van der Waals surface area contributed by atoms with Crippen LogP contribution in [0.4, 0.5) is 17.1 Å². The number of nitro benzene ring substituents is 1. The Kier molecular flexibility index (Phi) is 5.83. The molecule has 1 heterocycles. The molecule has 0 amide bonds. The molecule has 144 valence electrons. The van der Waals surface area contributed by atoms with Crippen LogP contribution in [0.1, 0.15) is 12.8 Å². The summed E-state index contributed by atoms with van der Waals surface area (Å²) in [5.74, 6) is 0. The second-order valence-corrected chi connectivity index (χ2v) is 8.13. The zero-order chi connectivity index (χ0) is 19.4. The first-order valence-corrected chi connectivity index (χ1v) is 10.1. The van der Waals surface area contributed by atoms with Crippen LogP contribution in [0.3, 0.4) is 0 Å². The number of hydrogen-bond acceptors (Lipinski definition) is 6. The number of nitrogens with zero attached hydrogens (tertiary/aromatic N) is 1. The van der Waals surface area contributed by atoms with Crippen molar-refractivity contribution >= 4 is 38.7 Å². The van der Waals surface area contributed by atoms with Gasteiger partial charge in [-0.2, -0.15) is 0 Å². The zero-order valence-electron chi connectivity index (χ0n) is 14.2. The summed E-state index contributed by atoms with van der Waals surface area (Å²) in [5, 5.41) is 14.6. The SMILES string of the molecule is O=[N+]([O-])c1cc(S(=O)(=O)Nc2ccccc2Cl)ccc1NC[C@H]1CCCO1. The van der Waals surface area contributed by atoms with Crippen molar-refractivity contribution in [3.05, 3.63) is 57.6 Å². The maximum Gasteiger partial charge on any atom is 0.293 e. The zero-order valence-corrected chi connectivity index (χ0v) is 15.8. The largest absolute Gasteiger partial charge is 0.377 e. The topological polar surface area (TPSA) is 111 Å². The fourth-order valence-electron chi connectivity index (χ4n) is 2.76. The summed E-state index contributed by atoms with van der Waals surface area (Å²) in [5.41, 5.74) is 0.115. The Balaban J connectivity index is 1.84. The number of anilines is 2. The van der Waals surface area contributed by atoms with Crippen molar-refractivity contribution in [1.29, 1.82) is 0 Å². The van der Waals surface area contributed by atoms with Crippen LogP contribution in [0, 0.1) is 10.1 Å². The summed E-state index contributed by atoms with van der Waals surface area (Å²) >= 11 is 5.97. The van der Waals surface area contributed by atoms with Gasteiger partial charge in [0.25, 0.3) is 15.7 Å². The second kappa shape index (κ2) is 8.12. The third kappa shape index (κ3) is 4.68. The van der Waals surface area contributed by atoms with Crippen molar-refractivity contribution in [2.75, 3.05) is 23.2 Å². The highest BCUT2D eigenvalue weighted by Crippen LogP contribution is 2.30. The lowest BCUT2D eigenvalue weighted by atomic mass is 10.2. The first-order valence-electron chi connectivity index (χ1n) is 8.28. The Hall–Kier alpha value is -2.36. The van der Waals surface area contributed by atoms with E-state index in [-0.39, 0.29) is 33.1 Å². The van der Waals surface area contributed by atoms with Gasteiger partial charge in [-0.05, 0) is 37.1 Å². The molecule has 0 unspecified atom stereocenters. The van der Waals surface area contributed by atoms with Crippen LogP contribution < -0.4 is 10.0 Å². The van der Waals surface area contributed by atoms with Gasteiger partial charge in [-0.1, -0.05) is 23.7 Å². The summed E-state index contributed by atoms with van der Waals surface area (Å²) in [6.07, 6.45) is 1.84. The number of hydrogen-bond donors (Lipinski definition) is 2. The Morgan fingerprint density at radius 3 is 2.67 bits per heavy atom. The molecule has 2 aromatic carbocycles.